The fraction of sp³-hybridized carbons (Fsp3) is 0.421. The van der Waals surface area contributed by atoms with E-state index in [4.69, 9.17) is 18.9 Å². The molecule has 280 valence electrons. The number of aliphatic hydroxyl groups is 2. The number of allylic oxidation sites excluding steroid dienone is 2. The molecule has 0 aromatic heterocycles. The van der Waals surface area contributed by atoms with Crippen LogP contribution in [0.15, 0.2) is 48.3 Å². The highest BCUT2D eigenvalue weighted by atomic mass is 16.7. The number of carbonyl (C=O) groups is 4. The van der Waals surface area contributed by atoms with Crippen LogP contribution in [0.4, 0.5) is 5.69 Å². The predicted molar refractivity (Wildman–Crippen MR) is 189 cm³/mol. The molecule has 1 amide bonds. The number of fused-ring (bicyclic) bond motifs is 14. The monoisotopic (exact) mass is 723 g/mol. The van der Waals surface area contributed by atoms with Crippen molar-refractivity contribution in [3.63, 3.8) is 0 Å². The van der Waals surface area contributed by atoms with Gasteiger partial charge in [0.15, 0.2) is 12.0 Å². The van der Waals surface area contributed by atoms with Gasteiger partial charge in [-0.25, -0.2) is 0 Å². The van der Waals surface area contributed by atoms with Crippen LogP contribution in [0.1, 0.15) is 67.8 Å². The van der Waals surface area contributed by atoms with Crippen LogP contribution in [0.3, 0.4) is 0 Å². The molecule has 5 rings (SSSR count). The van der Waals surface area contributed by atoms with Crippen molar-refractivity contribution in [2.45, 2.75) is 78.7 Å². The van der Waals surface area contributed by atoms with Gasteiger partial charge in [0.1, 0.15) is 23.4 Å². The first-order chi connectivity index (χ1) is 24.3. The standard InChI is InChI=1S/C38H45NO13/c1-16-11-10-12-17(2)37(48)39-28-23(15-40)32(45)25-26(33(28)46)31(44)21(6)35-27(25)36(47)38(8,52-35)50-14-13-24(49-9)18(3)34(51-22(7)41)20(5)30(43)19(4)29(16)42/h10-15,18-20,24,29-30,34,42-46H,1H2,2-9H3,(H,39,48). The Labute approximate surface area is 300 Å². The van der Waals surface area contributed by atoms with Crippen LogP contribution in [0.5, 0.6) is 23.0 Å². The van der Waals surface area contributed by atoms with Gasteiger partial charge in [-0.3, -0.25) is 19.2 Å². The lowest BCUT2D eigenvalue weighted by Gasteiger charge is -2.37. The third kappa shape index (κ3) is 7.01. The second kappa shape index (κ2) is 15.2. The first-order valence-electron chi connectivity index (χ1n) is 16.5. The molecule has 2 aromatic rings. The molecule has 5 bridgehead atoms. The molecule has 52 heavy (non-hydrogen) atoms. The Morgan fingerprint density at radius 3 is 2.27 bits per heavy atom. The number of nitrogens with one attached hydrogen (secondary N) is 1. The number of esters is 1. The average Bonchev–Trinajstić information content (AvgIpc) is 3.36. The van der Waals surface area contributed by atoms with Gasteiger partial charge in [-0.15, -0.1) is 0 Å². The Morgan fingerprint density at radius 1 is 1.02 bits per heavy atom. The quantitative estimate of drug-likeness (QED) is 0.112. The van der Waals surface area contributed by atoms with Crippen molar-refractivity contribution < 1.29 is 63.7 Å². The van der Waals surface area contributed by atoms with Crippen molar-refractivity contribution >= 4 is 40.4 Å². The van der Waals surface area contributed by atoms with Gasteiger partial charge in [0, 0.05) is 55.2 Å². The molecule has 0 saturated carbocycles. The molecule has 8 unspecified atom stereocenters. The number of carbonyl (C=O) groups excluding carboxylic acids is 4. The number of phenolic OH excluding ortho intramolecular Hbond substituents is 3. The molecule has 0 fully saturated rings. The molecular weight excluding hydrogens is 678 g/mol. The van der Waals surface area contributed by atoms with Crippen LogP contribution in [-0.2, 0) is 23.8 Å². The van der Waals surface area contributed by atoms with E-state index < -0.39 is 105 Å². The molecule has 0 saturated heterocycles. The van der Waals surface area contributed by atoms with E-state index in [1.807, 2.05) is 0 Å². The number of aliphatic hydroxyl groups excluding tert-OH is 2. The maximum absolute atomic E-state index is 14.0. The molecule has 3 heterocycles. The van der Waals surface area contributed by atoms with Gasteiger partial charge >= 0.3 is 11.8 Å². The summed E-state index contributed by atoms with van der Waals surface area (Å²) in [5.74, 6) is -8.94. The molecule has 0 radical (unpaired) electrons. The molecule has 14 nitrogen and oxygen atoms in total. The van der Waals surface area contributed by atoms with Crippen molar-refractivity contribution in [3.05, 3.63) is 65.0 Å². The Kier molecular flexibility index (Phi) is 11.6. The first kappa shape index (κ1) is 39.6. The number of aromatic hydroxyl groups is 3. The topological polar surface area (TPSA) is 218 Å². The minimum Gasteiger partial charge on any atom is -0.507 e. The minimum atomic E-state index is -2.09. The fourth-order valence-electron chi connectivity index (χ4n) is 6.63. The van der Waals surface area contributed by atoms with Crippen molar-refractivity contribution in [1.82, 2.24) is 0 Å². The Morgan fingerprint density at radius 2 is 1.67 bits per heavy atom. The normalized spacial score (nSPS) is 28.7. The van der Waals surface area contributed by atoms with Crippen molar-refractivity contribution in [2.24, 2.45) is 17.8 Å². The van der Waals surface area contributed by atoms with Gasteiger partial charge in [-0.05, 0) is 25.5 Å². The van der Waals surface area contributed by atoms with Gasteiger partial charge in [0.25, 0.3) is 11.7 Å². The lowest BCUT2D eigenvalue weighted by atomic mass is 9.79. The minimum absolute atomic E-state index is 0.0125. The molecule has 3 aliphatic rings. The molecule has 2 aromatic carbocycles. The summed E-state index contributed by atoms with van der Waals surface area (Å²) >= 11 is 0. The Balaban J connectivity index is 1.93. The zero-order valence-corrected chi connectivity index (χ0v) is 30.2. The van der Waals surface area contributed by atoms with Gasteiger partial charge < -0.3 is 49.8 Å². The number of ketones is 1. The highest BCUT2D eigenvalue weighted by molar-refractivity contribution is 6.23. The second-order valence-corrected chi connectivity index (χ2v) is 13.4. The summed E-state index contributed by atoms with van der Waals surface area (Å²) in [6.45, 7) is 14.2. The van der Waals surface area contributed by atoms with E-state index >= 15 is 0 Å². The number of anilines is 1. The Hall–Kier alpha value is -5.18. The van der Waals surface area contributed by atoms with Crippen LogP contribution < -0.4 is 10.1 Å². The highest BCUT2D eigenvalue weighted by Gasteiger charge is 2.50. The van der Waals surface area contributed by atoms with Crippen molar-refractivity contribution in [3.8, 4) is 23.0 Å². The zero-order chi connectivity index (χ0) is 39.0. The van der Waals surface area contributed by atoms with E-state index in [2.05, 4.69) is 11.9 Å². The summed E-state index contributed by atoms with van der Waals surface area (Å²) in [5.41, 5.74) is -1.17. The smallest absolute Gasteiger partial charge is 0.312 e. The van der Waals surface area contributed by atoms with Crippen LogP contribution in [-0.4, -0.2) is 86.8 Å². The summed E-state index contributed by atoms with van der Waals surface area (Å²) in [7, 11) is 1.40. The number of phenols is 3. The fourth-order valence-corrected chi connectivity index (χ4v) is 6.63. The molecule has 6 N–H and O–H groups in total. The van der Waals surface area contributed by atoms with E-state index in [0.29, 0.717) is 0 Å². The van der Waals surface area contributed by atoms with Gasteiger partial charge in [-0.2, -0.15) is 0 Å². The zero-order valence-electron chi connectivity index (χ0n) is 30.2. The third-order valence-corrected chi connectivity index (χ3v) is 9.85. The van der Waals surface area contributed by atoms with Crippen LogP contribution >= 0.6 is 0 Å². The number of methoxy groups -OCH3 is 1. The van der Waals surface area contributed by atoms with Gasteiger partial charge in [0.05, 0.1) is 46.8 Å². The van der Waals surface area contributed by atoms with Gasteiger partial charge in [-0.1, -0.05) is 45.6 Å². The first-order valence-corrected chi connectivity index (χ1v) is 16.5. The maximum atomic E-state index is 14.0. The summed E-state index contributed by atoms with van der Waals surface area (Å²) in [6, 6.07) is 0. The number of rotatable bonds is 3. The van der Waals surface area contributed by atoms with Crippen LogP contribution in [0, 0.1) is 24.7 Å². The lowest BCUT2D eigenvalue weighted by Crippen LogP contribution is -2.46. The molecule has 14 heteroatoms. The van der Waals surface area contributed by atoms with E-state index in [1.165, 1.54) is 59.1 Å². The number of hydrogen-bond donors (Lipinski definition) is 6. The average molecular weight is 724 g/mol. The van der Waals surface area contributed by atoms with Crippen LogP contribution in [0.2, 0.25) is 0 Å². The maximum Gasteiger partial charge on any atom is 0.312 e. The molecule has 3 aliphatic heterocycles. The van der Waals surface area contributed by atoms with Crippen LogP contribution in [0.25, 0.3) is 10.8 Å². The highest BCUT2D eigenvalue weighted by Crippen LogP contribution is 2.55. The molecule has 0 spiro atoms. The predicted octanol–water partition coefficient (Wildman–Crippen LogP) is 4.49. The summed E-state index contributed by atoms with van der Waals surface area (Å²) < 4.78 is 23.1. The van der Waals surface area contributed by atoms with E-state index in [9.17, 15) is 44.7 Å². The molecule has 8 atom stereocenters. The SMILES string of the molecule is C=C1C=CC=C(C)C(=O)Nc2c(C=O)c(O)c3c4c(c(C)c(O)c3c2O)OC(C)(OC=CC(OC)C(C)C(OC(C)=O)C(C)C(O)C(C)C1O)C4=O. The van der Waals surface area contributed by atoms with Crippen molar-refractivity contribution in [1.29, 1.82) is 0 Å². The number of Topliss-reactive ketones (excluding diaryl/α,β-unsaturated/α-hetero) is 1. The molecule has 0 aliphatic carbocycles. The van der Waals surface area contributed by atoms with E-state index in [0.717, 1.165) is 6.26 Å². The lowest BCUT2D eigenvalue weighted by molar-refractivity contribution is -0.160. The summed E-state index contributed by atoms with van der Waals surface area (Å²) in [5, 5.41) is 58.0. The number of hydrogen-bond acceptors (Lipinski definition) is 13. The van der Waals surface area contributed by atoms with E-state index in [1.54, 1.807) is 20.8 Å². The number of amides is 1. The summed E-state index contributed by atoms with van der Waals surface area (Å²) in [6.07, 6.45) is 2.71. The van der Waals surface area contributed by atoms with E-state index in [-0.39, 0.29) is 34.3 Å². The largest absolute Gasteiger partial charge is 0.507 e. The number of benzene rings is 2. The third-order valence-electron chi connectivity index (χ3n) is 9.85. The summed E-state index contributed by atoms with van der Waals surface area (Å²) in [4.78, 5) is 51.8. The Bertz CT molecular complexity index is 1910. The molecular formula is C38H45NO13. The van der Waals surface area contributed by atoms with Crippen molar-refractivity contribution in [2.75, 3.05) is 12.4 Å². The van der Waals surface area contributed by atoms with Gasteiger partial charge in [0.2, 0.25) is 0 Å². The second-order valence-electron chi connectivity index (χ2n) is 13.4. The number of ether oxygens (including phenoxy) is 4. The number of aldehydes is 1.